The molecule has 92 valence electrons. The van der Waals surface area contributed by atoms with E-state index in [1.54, 1.807) is 6.92 Å². The first-order valence-electron chi connectivity index (χ1n) is 5.06. The molecule has 0 bridgehead atoms. The highest BCUT2D eigenvalue weighted by Gasteiger charge is 2.15. The molecule has 5 nitrogen and oxygen atoms in total. The highest BCUT2D eigenvalue weighted by molar-refractivity contribution is 5.90. The van der Waals surface area contributed by atoms with Crippen LogP contribution in [0, 0.1) is 5.82 Å². The molecule has 0 saturated heterocycles. The van der Waals surface area contributed by atoms with E-state index in [0.717, 1.165) is 18.0 Å². The Labute approximate surface area is 98.4 Å². The first-order chi connectivity index (χ1) is 8.02. The zero-order valence-corrected chi connectivity index (χ0v) is 9.48. The Morgan fingerprint density at radius 1 is 1.59 bits per heavy atom. The second kappa shape index (κ2) is 6.05. The van der Waals surface area contributed by atoms with Crippen LogP contribution in [0.3, 0.4) is 0 Å². The molecule has 0 radical (unpaired) electrons. The molecule has 17 heavy (non-hydrogen) atoms. The number of aliphatic hydroxyl groups is 1. The third-order valence-corrected chi connectivity index (χ3v) is 1.97. The predicted octanol–water partition coefficient (Wildman–Crippen LogP) is 0.673. The van der Waals surface area contributed by atoms with Gasteiger partial charge in [0, 0.05) is 0 Å². The van der Waals surface area contributed by atoms with Crippen LogP contribution in [0.2, 0.25) is 0 Å². The second-order valence-corrected chi connectivity index (χ2v) is 3.74. The van der Waals surface area contributed by atoms with Crippen molar-refractivity contribution in [2.45, 2.75) is 19.4 Å². The number of halogens is 1. The van der Waals surface area contributed by atoms with Crippen molar-refractivity contribution in [3.05, 3.63) is 36.2 Å². The number of carbonyl (C=O) groups excluding carboxylic acids is 1. The molecular formula is C11H14FN3O2. The number of nitrogens with one attached hydrogen (secondary N) is 1. The van der Waals surface area contributed by atoms with E-state index in [1.807, 2.05) is 0 Å². The molecule has 0 aliphatic rings. The van der Waals surface area contributed by atoms with E-state index in [9.17, 15) is 9.18 Å². The Morgan fingerprint density at radius 2 is 2.18 bits per heavy atom. The smallest absolute Gasteiger partial charge is 0.289 e. The molecule has 0 spiro atoms. The van der Waals surface area contributed by atoms with E-state index in [1.165, 1.54) is 0 Å². The van der Waals surface area contributed by atoms with Crippen LogP contribution in [0.4, 0.5) is 4.39 Å². The van der Waals surface area contributed by atoms with Crippen LogP contribution >= 0.6 is 0 Å². The number of aromatic nitrogens is 2. The maximum absolute atomic E-state index is 12.5. The fraction of sp³-hybridized carbons (Fsp3) is 0.364. The molecule has 1 amide bonds. The van der Waals surface area contributed by atoms with Gasteiger partial charge in [0.2, 0.25) is 5.82 Å². The van der Waals surface area contributed by atoms with E-state index in [2.05, 4.69) is 21.9 Å². The molecule has 0 aliphatic carbocycles. The van der Waals surface area contributed by atoms with Crippen LogP contribution in [0.15, 0.2) is 24.5 Å². The maximum atomic E-state index is 12.5. The van der Waals surface area contributed by atoms with E-state index in [4.69, 9.17) is 5.11 Å². The number of amides is 1. The van der Waals surface area contributed by atoms with Gasteiger partial charge in [-0.25, -0.2) is 14.4 Å². The number of carbonyl (C=O) groups is 1. The Hall–Kier alpha value is -1.82. The topological polar surface area (TPSA) is 75.1 Å². The molecule has 0 aliphatic heterocycles. The Balaban J connectivity index is 2.64. The van der Waals surface area contributed by atoms with Crippen LogP contribution in [0.1, 0.15) is 24.0 Å². The molecular weight excluding hydrogens is 225 g/mol. The van der Waals surface area contributed by atoms with Gasteiger partial charge in [-0.2, -0.15) is 0 Å². The minimum absolute atomic E-state index is 0.133. The molecule has 6 heteroatoms. The molecule has 1 rings (SSSR count). The Morgan fingerprint density at radius 3 is 2.65 bits per heavy atom. The minimum atomic E-state index is -0.609. The number of rotatable bonds is 5. The van der Waals surface area contributed by atoms with Gasteiger partial charge in [-0.15, -0.1) is 6.58 Å². The van der Waals surface area contributed by atoms with Crippen LogP contribution in [0.5, 0.6) is 0 Å². The summed E-state index contributed by atoms with van der Waals surface area (Å²) < 4.78 is 12.5. The Kier molecular flexibility index (Phi) is 4.71. The average Bonchev–Trinajstić information content (AvgIpc) is 2.28. The van der Waals surface area contributed by atoms with Gasteiger partial charge in [-0.3, -0.25) is 4.79 Å². The highest BCUT2D eigenvalue weighted by Crippen LogP contribution is 2.02. The van der Waals surface area contributed by atoms with Gasteiger partial charge in [0.25, 0.3) is 5.91 Å². The van der Waals surface area contributed by atoms with Crippen molar-refractivity contribution in [1.82, 2.24) is 15.3 Å². The van der Waals surface area contributed by atoms with Gasteiger partial charge < -0.3 is 10.4 Å². The summed E-state index contributed by atoms with van der Waals surface area (Å²) >= 11 is 0. The van der Waals surface area contributed by atoms with Crippen LogP contribution in [0.25, 0.3) is 0 Å². The van der Waals surface area contributed by atoms with Crippen LogP contribution in [-0.4, -0.2) is 33.6 Å². The molecule has 0 aromatic carbocycles. The molecule has 1 aromatic rings. The van der Waals surface area contributed by atoms with Crippen molar-refractivity contribution in [2.75, 3.05) is 6.61 Å². The number of hydrogen-bond donors (Lipinski definition) is 2. The molecule has 1 atom stereocenters. The largest absolute Gasteiger partial charge is 0.394 e. The normalized spacial score (nSPS) is 11.9. The van der Waals surface area contributed by atoms with Crippen LogP contribution < -0.4 is 5.32 Å². The number of hydrogen-bond acceptors (Lipinski definition) is 4. The summed E-state index contributed by atoms with van der Waals surface area (Å²) in [7, 11) is 0. The van der Waals surface area contributed by atoms with E-state index >= 15 is 0 Å². The SMILES string of the molecule is C=C(C)CC(CO)NC(=O)c1ncc(F)cn1. The van der Waals surface area contributed by atoms with Gasteiger partial charge in [0.15, 0.2) is 5.82 Å². The summed E-state index contributed by atoms with van der Waals surface area (Å²) in [6.45, 7) is 5.28. The summed E-state index contributed by atoms with van der Waals surface area (Å²) in [4.78, 5) is 18.7. The Bertz CT molecular complexity index is 406. The third-order valence-electron chi connectivity index (χ3n) is 1.97. The first kappa shape index (κ1) is 13.2. The quantitative estimate of drug-likeness (QED) is 0.741. The fourth-order valence-corrected chi connectivity index (χ4v) is 1.26. The van der Waals surface area contributed by atoms with Gasteiger partial charge in [0.1, 0.15) is 0 Å². The van der Waals surface area contributed by atoms with E-state index in [-0.39, 0.29) is 12.4 Å². The number of aliphatic hydroxyl groups excluding tert-OH is 1. The van der Waals surface area contributed by atoms with Gasteiger partial charge >= 0.3 is 0 Å². The molecule has 1 aromatic heterocycles. The lowest BCUT2D eigenvalue weighted by Gasteiger charge is -2.15. The zero-order chi connectivity index (χ0) is 12.8. The standard InChI is InChI=1S/C11H14FN3O2/c1-7(2)3-9(6-16)15-11(17)10-13-4-8(12)5-14-10/h4-5,9,16H,1,3,6H2,2H3,(H,15,17). The minimum Gasteiger partial charge on any atom is -0.394 e. The van der Waals surface area contributed by atoms with Crippen molar-refractivity contribution in [3.63, 3.8) is 0 Å². The molecule has 0 fully saturated rings. The zero-order valence-electron chi connectivity index (χ0n) is 9.48. The fourth-order valence-electron chi connectivity index (χ4n) is 1.26. The summed E-state index contributed by atoms with van der Waals surface area (Å²) in [6.07, 6.45) is 2.28. The lowest BCUT2D eigenvalue weighted by molar-refractivity contribution is 0.0905. The predicted molar refractivity (Wildman–Crippen MR) is 59.8 cm³/mol. The van der Waals surface area contributed by atoms with Gasteiger partial charge in [0.05, 0.1) is 25.0 Å². The van der Waals surface area contributed by atoms with Crippen molar-refractivity contribution in [3.8, 4) is 0 Å². The summed E-state index contributed by atoms with van der Waals surface area (Å²) in [5, 5.41) is 11.6. The van der Waals surface area contributed by atoms with Crippen molar-refractivity contribution in [1.29, 1.82) is 0 Å². The van der Waals surface area contributed by atoms with Gasteiger partial charge in [-0.1, -0.05) is 5.57 Å². The third kappa shape index (κ3) is 4.28. The first-order valence-corrected chi connectivity index (χ1v) is 5.06. The molecule has 1 heterocycles. The van der Waals surface area contributed by atoms with E-state index < -0.39 is 17.8 Å². The average molecular weight is 239 g/mol. The highest BCUT2D eigenvalue weighted by atomic mass is 19.1. The summed E-state index contributed by atoms with van der Waals surface area (Å²) in [6, 6.07) is -0.436. The maximum Gasteiger partial charge on any atom is 0.289 e. The van der Waals surface area contributed by atoms with Crippen molar-refractivity contribution in [2.24, 2.45) is 0 Å². The van der Waals surface area contributed by atoms with Gasteiger partial charge in [-0.05, 0) is 13.3 Å². The second-order valence-electron chi connectivity index (χ2n) is 3.74. The van der Waals surface area contributed by atoms with Crippen molar-refractivity contribution < 1.29 is 14.3 Å². The van der Waals surface area contributed by atoms with E-state index in [0.29, 0.717) is 6.42 Å². The number of nitrogens with zero attached hydrogens (tertiary/aromatic N) is 2. The summed E-state index contributed by atoms with van der Waals surface area (Å²) in [5.74, 6) is -1.29. The molecule has 1 unspecified atom stereocenters. The molecule has 2 N–H and O–H groups in total. The van der Waals surface area contributed by atoms with Crippen molar-refractivity contribution >= 4 is 5.91 Å². The monoisotopic (exact) mass is 239 g/mol. The summed E-state index contributed by atoms with van der Waals surface area (Å²) in [5.41, 5.74) is 0.837. The molecule has 0 saturated carbocycles. The lowest BCUT2D eigenvalue weighted by atomic mass is 10.1. The lowest BCUT2D eigenvalue weighted by Crippen LogP contribution is -2.38. The van der Waals surface area contributed by atoms with Crippen LogP contribution in [-0.2, 0) is 0 Å².